The predicted octanol–water partition coefficient (Wildman–Crippen LogP) is 2.37. The van der Waals surface area contributed by atoms with E-state index in [0.717, 1.165) is 6.29 Å². The van der Waals surface area contributed by atoms with Gasteiger partial charge < -0.3 is 14.2 Å². The molecule has 1 aliphatic rings. The number of methoxy groups -OCH3 is 1. The Hall–Kier alpha value is -1.69. The minimum atomic E-state index is -0.628. The molecule has 1 unspecified atom stereocenters. The molecule has 1 aromatic rings. The van der Waals surface area contributed by atoms with Crippen molar-refractivity contribution in [3.63, 3.8) is 0 Å². The number of allylic oxidation sites excluding steroid dienone is 1. The van der Waals surface area contributed by atoms with Crippen molar-refractivity contribution in [1.29, 1.82) is 0 Å². The summed E-state index contributed by atoms with van der Waals surface area (Å²) in [6, 6.07) is 9.94. The molecule has 0 bridgehead atoms. The van der Waals surface area contributed by atoms with Crippen LogP contribution in [-0.2, 0) is 25.5 Å². The number of hydrogen-bond donors (Lipinski definition) is 0. The SMILES string of the molecule is CO/C(=C/C=O)C([C@H]1COC(C)(C)O1)N(C)Cc1ccccc1. The molecule has 1 aliphatic heterocycles. The predicted molar refractivity (Wildman–Crippen MR) is 87.8 cm³/mol. The van der Waals surface area contributed by atoms with E-state index in [0.29, 0.717) is 18.9 Å². The first-order valence-electron chi connectivity index (χ1n) is 7.72. The molecule has 0 saturated carbocycles. The Morgan fingerprint density at radius 2 is 2.13 bits per heavy atom. The highest BCUT2D eigenvalue weighted by molar-refractivity contribution is 5.65. The first kappa shape index (κ1) is 17.7. The van der Waals surface area contributed by atoms with Gasteiger partial charge in [0.1, 0.15) is 18.1 Å². The standard InChI is InChI=1S/C18H25NO4/c1-18(2)22-13-16(23-18)17(15(21-4)10-11-20)19(3)12-14-8-6-5-7-9-14/h5-11,16-17H,12-13H2,1-4H3/b15-10+/t16-,17?/m1/s1. The first-order valence-corrected chi connectivity index (χ1v) is 7.72. The number of aldehydes is 1. The van der Waals surface area contributed by atoms with Crippen LogP contribution in [0.4, 0.5) is 0 Å². The molecular formula is C18H25NO4. The summed E-state index contributed by atoms with van der Waals surface area (Å²) in [5, 5.41) is 0. The fraction of sp³-hybridized carbons (Fsp3) is 0.500. The summed E-state index contributed by atoms with van der Waals surface area (Å²) in [5.41, 5.74) is 1.18. The molecule has 0 amide bonds. The van der Waals surface area contributed by atoms with E-state index in [1.807, 2.05) is 39.1 Å². The van der Waals surface area contributed by atoms with Crippen molar-refractivity contribution < 1.29 is 19.0 Å². The minimum Gasteiger partial charge on any atom is -0.499 e. The number of carbonyl (C=O) groups excluding carboxylic acids is 1. The lowest BCUT2D eigenvalue weighted by atomic mass is 10.1. The van der Waals surface area contributed by atoms with Crippen LogP contribution in [0.25, 0.3) is 0 Å². The number of carbonyl (C=O) groups is 1. The van der Waals surface area contributed by atoms with Crippen LogP contribution in [-0.4, -0.2) is 49.9 Å². The molecule has 0 N–H and O–H groups in total. The van der Waals surface area contributed by atoms with Crippen molar-refractivity contribution in [3.05, 3.63) is 47.7 Å². The summed E-state index contributed by atoms with van der Waals surface area (Å²) in [6.45, 7) is 4.94. The smallest absolute Gasteiger partial charge is 0.163 e. The maximum atomic E-state index is 11.0. The van der Waals surface area contributed by atoms with Gasteiger partial charge in [-0.1, -0.05) is 30.3 Å². The molecule has 5 heteroatoms. The van der Waals surface area contributed by atoms with Gasteiger partial charge in [0.15, 0.2) is 5.79 Å². The fourth-order valence-corrected chi connectivity index (χ4v) is 2.88. The van der Waals surface area contributed by atoms with Crippen LogP contribution in [0, 0.1) is 0 Å². The van der Waals surface area contributed by atoms with Crippen LogP contribution in [0.3, 0.4) is 0 Å². The van der Waals surface area contributed by atoms with Crippen LogP contribution in [0.2, 0.25) is 0 Å². The van der Waals surface area contributed by atoms with Crippen LogP contribution in [0.15, 0.2) is 42.2 Å². The second kappa shape index (κ2) is 7.73. The number of benzene rings is 1. The van der Waals surface area contributed by atoms with Crippen LogP contribution >= 0.6 is 0 Å². The van der Waals surface area contributed by atoms with E-state index in [4.69, 9.17) is 14.2 Å². The van der Waals surface area contributed by atoms with Gasteiger partial charge in [-0.05, 0) is 26.5 Å². The largest absolute Gasteiger partial charge is 0.499 e. The Balaban J connectivity index is 2.22. The average Bonchev–Trinajstić information content (AvgIpc) is 2.87. The van der Waals surface area contributed by atoms with Gasteiger partial charge in [0, 0.05) is 12.6 Å². The molecule has 5 nitrogen and oxygen atoms in total. The molecule has 0 aromatic heterocycles. The van der Waals surface area contributed by atoms with Crippen molar-refractivity contribution >= 4 is 6.29 Å². The number of likely N-dealkylation sites (N-methyl/N-ethyl adjacent to an activating group) is 1. The summed E-state index contributed by atoms with van der Waals surface area (Å²) in [7, 11) is 3.56. The fourth-order valence-electron chi connectivity index (χ4n) is 2.88. The monoisotopic (exact) mass is 319 g/mol. The molecule has 2 atom stereocenters. The van der Waals surface area contributed by atoms with E-state index >= 15 is 0 Å². The maximum Gasteiger partial charge on any atom is 0.163 e. The van der Waals surface area contributed by atoms with Crippen molar-refractivity contribution in [2.24, 2.45) is 0 Å². The third-order valence-corrected chi connectivity index (χ3v) is 3.89. The Morgan fingerprint density at radius 3 is 2.65 bits per heavy atom. The van der Waals surface area contributed by atoms with E-state index < -0.39 is 5.79 Å². The van der Waals surface area contributed by atoms with E-state index in [1.54, 1.807) is 7.11 Å². The zero-order valence-corrected chi connectivity index (χ0v) is 14.2. The highest BCUT2D eigenvalue weighted by Gasteiger charge is 2.41. The molecular weight excluding hydrogens is 294 g/mol. The lowest BCUT2D eigenvalue weighted by molar-refractivity contribution is -0.145. The zero-order valence-electron chi connectivity index (χ0n) is 14.2. The lowest BCUT2D eigenvalue weighted by Crippen LogP contribution is -2.44. The number of nitrogens with zero attached hydrogens (tertiary/aromatic N) is 1. The number of rotatable bonds is 7. The molecule has 0 radical (unpaired) electrons. The highest BCUT2D eigenvalue weighted by atomic mass is 16.7. The van der Waals surface area contributed by atoms with E-state index in [9.17, 15) is 4.79 Å². The Kier molecular flexibility index (Phi) is 5.93. The summed E-state index contributed by atoms with van der Waals surface area (Å²) < 4.78 is 17.1. The van der Waals surface area contributed by atoms with E-state index in [2.05, 4.69) is 17.0 Å². The Labute approximate surface area is 137 Å². The van der Waals surface area contributed by atoms with Crippen LogP contribution < -0.4 is 0 Å². The molecule has 0 spiro atoms. The molecule has 1 saturated heterocycles. The average molecular weight is 319 g/mol. The van der Waals surface area contributed by atoms with Crippen LogP contribution in [0.1, 0.15) is 19.4 Å². The van der Waals surface area contributed by atoms with Crippen molar-refractivity contribution in [3.8, 4) is 0 Å². The second-order valence-corrected chi connectivity index (χ2v) is 6.12. The third kappa shape index (κ3) is 4.64. The molecule has 1 fully saturated rings. The number of ether oxygens (including phenoxy) is 3. The Bertz CT molecular complexity index is 541. The Morgan fingerprint density at radius 1 is 1.43 bits per heavy atom. The van der Waals surface area contributed by atoms with Crippen LogP contribution in [0.5, 0.6) is 0 Å². The minimum absolute atomic E-state index is 0.202. The van der Waals surface area contributed by atoms with Crippen molar-refractivity contribution in [1.82, 2.24) is 4.90 Å². The van der Waals surface area contributed by atoms with Gasteiger partial charge in [0.2, 0.25) is 0 Å². The third-order valence-electron chi connectivity index (χ3n) is 3.89. The summed E-state index contributed by atoms with van der Waals surface area (Å²) >= 11 is 0. The molecule has 1 aromatic carbocycles. The molecule has 1 heterocycles. The molecule has 126 valence electrons. The quantitative estimate of drug-likeness (QED) is 0.439. The summed E-state index contributed by atoms with van der Waals surface area (Å²) in [6.07, 6.45) is 1.98. The van der Waals surface area contributed by atoms with Gasteiger partial charge >= 0.3 is 0 Å². The summed E-state index contributed by atoms with van der Waals surface area (Å²) in [4.78, 5) is 13.1. The van der Waals surface area contributed by atoms with Gasteiger partial charge in [-0.2, -0.15) is 0 Å². The first-order chi connectivity index (χ1) is 11.0. The number of hydrogen-bond acceptors (Lipinski definition) is 5. The van der Waals surface area contributed by atoms with Gasteiger partial charge in [-0.25, -0.2) is 0 Å². The highest BCUT2D eigenvalue weighted by Crippen LogP contribution is 2.29. The molecule has 0 aliphatic carbocycles. The summed E-state index contributed by atoms with van der Waals surface area (Å²) in [5.74, 6) is -0.0546. The van der Waals surface area contributed by atoms with E-state index in [1.165, 1.54) is 11.6 Å². The van der Waals surface area contributed by atoms with Crippen molar-refractivity contribution in [2.45, 2.75) is 38.3 Å². The lowest BCUT2D eigenvalue weighted by Gasteiger charge is -2.33. The topological polar surface area (TPSA) is 48.0 Å². The molecule has 23 heavy (non-hydrogen) atoms. The van der Waals surface area contributed by atoms with Crippen molar-refractivity contribution in [2.75, 3.05) is 20.8 Å². The normalized spacial score (nSPS) is 22.1. The second-order valence-electron chi connectivity index (χ2n) is 6.12. The van der Waals surface area contributed by atoms with Gasteiger partial charge in [0.25, 0.3) is 0 Å². The van der Waals surface area contributed by atoms with Gasteiger partial charge in [0.05, 0.1) is 19.8 Å². The van der Waals surface area contributed by atoms with Gasteiger partial charge in [-0.3, -0.25) is 9.69 Å². The zero-order chi connectivity index (χ0) is 16.9. The van der Waals surface area contributed by atoms with Gasteiger partial charge in [-0.15, -0.1) is 0 Å². The van der Waals surface area contributed by atoms with E-state index in [-0.39, 0.29) is 12.1 Å². The maximum absolute atomic E-state index is 11.0. The molecule has 2 rings (SSSR count).